The van der Waals surface area contributed by atoms with E-state index in [2.05, 4.69) is 12.2 Å². The van der Waals surface area contributed by atoms with Crippen LogP contribution in [0.4, 0.5) is 5.88 Å². The number of nitrogens with two attached hydrogens (primary N) is 1. The van der Waals surface area contributed by atoms with E-state index in [1.165, 1.54) is 5.56 Å². The normalized spacial score (nSPS) is 10.7. The molecule has 100 valence electrons. The van der Waals surface area contributed by atoms with Crippen molar-refractivity contribution in [3.63, 3.8) is 0 Å². The summed E-state index contributed by atoms with van der Waals surface area (Å²) in [5, 5.41) is 4.04. The molecular formula is C16H16N3O+. The molecule has 0 aliphatic heterocycles. The van der Waals surface area contributed by atoms with Crippen LogP contribution in [0.5, 0.6) is 0 Å². The molecule has 0 spiro atoms. The van der Waals surface area contributed by atoms with Crippen molar-refractivity contribution in [2.45, 2.75) is 13.8 Å². The molecular weight excluding hydrogens is 250 g/mol. The smallest absolute Gasteiger partial charge is 0.311 e. The molecule has 0 aliphatic rings. The van der Waals surface area contributed by atoms with Crippen molar-refractivity contribution in [2.24, 2.45) is 0 Å². The second-order valence-corrected chi connectivity index (χ2v) is 4.90. The van der Waals surface area contributed by atoms with Gasteiger partial charge in [0.2, 0.25) is 11.0 Å². The number of anilines is 1. The highest BCUT2D eigenvalue weighted by Gasteiger charge is 2.26. The first kappa shape index (κ1) is 12.4. The first-order chi connectivity index (χ1) is 9.65. The molecule has 0 saturated carbocycles. The fourth-order valence-electron chi connectivity index (χ4n) is 2.19. The van der Waals surface area contributed by atoms with E-state index in [0.717, 1.165) is 22.5 Å². The van der Waals surface area contributed by atoms with E-state index in [9.17, 15) is 0 Å². The Morgan fingerprint density at radius 2 is 1.75 bits per heavy atom. The SMILES string of the molecule is Cc1ccc(-c2c(N)on[n+]2-c2cccc(C)c2)cc1. The van der Waals surface area contributed by atoms with Gasteiger partial charge in [0, 0.05) is 12.1 Å². The highest BCUT2D eigenvalue weighted by Crippen LogP contribution is 2.23. The number of aromatic nitrogens is 2. The average Bonchev–Trinajstić information content (AvgIpc) is 2.82. The molecule has 1 aromatic heterocycles. The minimum atomic E-state index is 0.315. The van der Waals surface area contributed by atoms with Crippen LogP contribution in [-0.4, -0.2) is 5.27 Å². The molecule has 0 unspecified atom stereocenters. The van der Waals surface area contributed by atoms with Crippen LogP contribution < -0.4 is 10.4 Å². The summed E-state index contributed by atoms with van der Waals surface area (Å²) in [6, 6.07) is 16.2. The van der Waals surface area contributed by atoms with E-state index < -0.39 is 0 Å². The van der Waals surface area contributed by atoms with Gasteiger partial charge >= 0.3 is 11.6 Å². The van der Waals surface area contributed by atoms with Gasteiger partial charge in [-0.05, 0) is 36.2 Å². The molecule has 3 aromatic rings. The Balaban J connectivity index is 2.17. The van der Waals surface area contributed by atoms with Crippen LogP contribution in [0.25, 0.3) is 16.9 Å². The Bertz CT molecular complexity index is 745. The first-order valence-corrected chi connectivity index (χ1v) is 6.47. The Morgan fingerprint density at radius 3 is 2.45 bits per heavy atom. The Labute approximate surface area is 117 Å². The molecule has 4 nitrogen and oxygen atoms in total. The predicted molar refractivity (Wildman–Crippen MR) is 77.4 cm³/mol. The van der Waals surface area contributed by atoms with E-state index in [4.69, 9.17) is 10.3 Å². The summed E-state index contributed by atoms with van der Waals surface area (Å²) in [6.45, 7) is 4.09. The summed E-state index contributed by atoms with van der Waals surface area (Å²) < 4.78 is 6.89. The van der Waals surface area contributed by atoms with Crippen molar-refractivity contribution >= 4 is 5.88 Å². The molecule has 2 N–H and O–H groups in total. The van der Waals surface area contributed by atoms with E-state index >= 15 is 0 Å². The van der Waals surface area contributed by atoms with Gasteiger partial charge in [-0.25, -0.2) is 0 Å². The average molecular weight is 266 g/mol. The fourth-order valence-corrected chi connectivity index (χ4v) is 2.19. The maximum atomic E-state index is 5.94. The maximum absolute atomic E-state index is 5.94. The van der Waals surface area contributed by atoms with Crippen molar-refractivity contribution in [1.29, 1.82) is 0 Å². The second-order valence-electron chi connectivity index (χ2n) is 4.90. The number of aryl methyl sites for hydroxylation is 2. The van der Waals surface area contributed by atoms with Gasteiger partial charge < -0.3 is 5.73 Å². The third-order valence-corrected chi connectivity index (χ3v) is 3.24. The summed E-state index contributed by atoms with van der Waals surface area (Å²) in [4.78, 5) is 0. The van der Waals surface area contributed by atoms with Crippen LogP contribution in [0.2, 0.25) is 0 Å². The van der Waals surface area contributed by atoms with Crippen LogP contribution >= 0.6 is 0 Å². The minimum absolute atomic E-state index is 0.315. The lowest BCUT2D eigenvalue weighted by Crippen LogP contribution is -2.34. The Morgan fingerprint density at radius 1 is 1.00 bits per heavy atom. The predicted octanol–water partition coefficient (Wildman–Crippen LogP) is 2.82. The van der Waals surface area contributed by atoms with Gasteiger partial charge in [-0.3, -0.25) is 4.52 Å². The summed E-state index contributed by atoms with van der Waals surface area (Å²) in [5.41, 5.74) is 11.0. The molecule has 3 rings (SSSR count). The molecule has 0 atom stereocenters. The second kappa shape index (κ2) is 4.81. The Kier molecular flexibility index (Phi) is 2.99. The molecule has 2 aromatic carbocycles. The summed E-state index contributed by atoms with van der Waals surface area (Å²) in [5.74, 6) is 0.315. The number of hydrogen-bond donors (Lipinski definition) is 1. The van der Waals surface area contributed by atoms with E-state index in [0.29, 0.717) is 5.88 Å². The zero-order valence-electron chi connectivity index (χ0n) is 11.5. The van der Waals surface area contributed by atoms with Crippen LogP contribution in [0.3, 0.4) is 0 Å². The van der Waals surface area contributed by atoms with Gasteiger partial charge in [-0.15, -0.1) is 0 Å². The van der Waals surface area contributed by atoms with Crippen molar-refractivity contribution in [1.82, 2.24) is 5.27 Å². The summed E-state index contributed by atoms with van der Waals surface area (Å²) in [7, 11) is 0. The molecule has 0 fully saturated rings. The van der Waals surface area contributed by atoms with Gasteiger partial charge in [-0.1, -0.05) is 29.8 Å². The lowest BCUT2D eigenvalue weighted by Gasteiger charge is -1.97. The zero-order chi connectivity index (χ0) is 14.1. The van der Waals surface area contributed by atoms with E-state index in [1.807, 2.05) is 55.5 Å². The van der Waals surface area contributed by atoms with Crippen molar-refractivity contribution in [2.75, 3.05) is 5.73 Å². The number of rotatable bonds is 2. The molecule has 0 aliphatic carbocycles. The van der Waals surface area contributed by atoms with Gasteiger partial charge in [0.25, 0.3) is 0 Å². The van der Waals surface area contributed by atoms with Gasteiger partial charge in [0.1, 0.15) is 0 Å². The maximum Gasteiger partial charge on any atom is 0.311 e. The highest BCUT2D eigenvalue weighted by molar-refractivity contribution is 5.66. The highest BCUT2D eigenvalue weighted by atomic mass is 16.5. The number of hydrogen-bond acceptors (Lipinski definition) is 3. The summed E-state index contributed by atoms with van der Waals surface area (Å²) >= 11 is 0. The van der Waals surface area contributed by atoms with Crippen LogP contribution in [0.1, 0.15) is 11.1 Å². The van der Waals surface area contributed by atoms with E-state index in [-0.39, 0.29) is 0 Å². The summed E-state index contributed by atoms with van der Waals surface area (Å²) in [6.07, 6.45) is 0. The minimum Gasteiger partial charge on any atom is -0.362 e. The van der Waals surface area contributed by atoms with Crippen LogP contribution in [0, 0.1) is 13.8 Å². The number of benzene rings is 2. The quantitative estimate of drug-likeness (QED) is 0.726. The number of nitrogen functional groups attached to an aromatic ring is 1. The lowest BCUT2D eigenvalue weighted by molar-refractivity contribution is -0.660. The first-order valence-electron chi connectivity index (χ1n) is 6.47. The molecule has 0 radical (unpaired) electrons. The molecule has 0 saturated heterocycles. The van der Waals surface area contributed by atoms with Crippen molar-refractivity contribution < 1.29 is 9.20 Å². The third-order valence-electron chi connectivity index (χ3n) is 3.24. The van der Waals surface area contributed by atoms with Crippen LogP contribution in [0.15, 0.2) is 53.1 Å². The van der Waals surface area contributed by atoms with Gasteiger partial charge in [-0.2, -0.15) is 0 Å². The third kappa shape index (κ3) is 2.16. The Hall–Kier alpha value is -2.62. The molecule has 1 heterocycles. The largest absolute Gasteiger partial charge is 0.362 e. The molecule has 0 amide bonds. The lowest BCUT2D eigenvalue weighted by atomic mass is 10.1. The van der Waals surface area contributed by atoms with Crippen LogP contribution in [-0.2, 0) is 0 Å². The fraction of sp³-hybridized carbons (Fsp3) is 0.125. The van der Waals surface area contributed by atoms with Gasteiger partial charge in [0.15, 0.2) is 0 Å². The molecule has 0 bridgehead atoms. The monoisotopic (exact) mass is 266 g/mol. The standard InChI is InChI=1S/C16H16N3O/c1-11-6-8-13(9-7-11)15-16(17)20-18-19(15)14-5-3-4-12(2)10-14/h3-10H,17H2,1-2H3/q+1. The van der Waals surface area contributed by atoms with Gasteiger partial charge in [0.05, 0.1) is 5.56 Å². The number of nitrogens with zero attached hydrogens (tertiary/aromatic N) is 2. The van der Waals surface area contributed by atoms with Crippen molar-refractivity contribution in [3.05, 3.63) is 59.7 Å². The molecule has 20 heavy (non-hydrogen) atoms. The topological polar surface area (TPSA) is 55.9 Å². The zero-order valence-corrected chi connectivity index (χ0v) is 11.5. The van der Waals surface area contributed by atoms with E-state index in [1.54, 1.807) is 4.68 Å². The molecule has 4 heteroatoms. The van der Waals surface area contributed by atoms with Crippen molar-refractivity contribution in [3.8, 4) is 16.9 Å².